The molecule has 1 unspecified atom stereocenters. The lowest BCUT2D eigenvalue weighted by molar-refractivity contribution is -0.00518. The van der Waals surface area contributed by atoms with E-state index in [1.807, 2.05) is 0 Å². The van der Waals surface area contributed by atoms with E-state index >= 15 is 0 Å². The monoisotopic (exact) mass is 382 g/mol. The van der Waals surface area contributed by atoms with E-state index in [-0.39, 0.29) is 0 Å². The van der Waals surface area contributed by atoms with Crippen LogP contribution in [0, 0.1) is 23.7 Å². The van der Waals surface area contributed by atoms with Crippen molar-refractivity contribution in [3.63, 3.8) is 0 Å². The van der Waals surface area contributed by atoms with E-state index in [0.29, 0.717) is 11.3 Å². The van der Waals surface area contributed by atoms with Gasteiger partial charge in [-0.25, -0.2) is 0 Å². The van der Waals surface area contributed by atoms with Crippen molar-refractivity contribution in [2.75, 3.05) is 0 Å². The zero-order chi connectivity index (χ0) is 19.6. The van der Waals surface area contributed by atoms with Gasteiger partial charge in [-0.1, -0.05) is 68.0 Å². The van der Waals surface area contributed by atoms with Crippen molar-refractivity contribution in [2.45, 2.75) is 70.6 Å². The second kappa shape index (κ2) is 6.59. The first-order valence-electron chi connectivity index (χ1n) is 12.1. The van der Waals surface area contributed by atoms with Crippen molar-refractivity contribution in [3.05, 3.63) is 64.7 Å². The van der Waals surface area contributed by atoms with E-state index in [4.69, 9.17) is 0 Å². The van der Waals surface area contributed by atoms with Crippen LogP contribution < -0.4 is 0 Å². The SMILES string of the molecule is CCC(C)C1=Cc2c(cccc2-c2ccc(C34CC5CC(CC(C5)C3)C4)cc2)C1. The molecule has 0 radical (unpaired) electrons. The van der Waals surface area contributed by atoms with Gasteiger partial charge in [-0.3, -0.25) is 0 Å². The number of hydrogen-bond donors (Lipinski definition) is 0. The molecule has 0 heterocycles. The quantitative estimate of drug-likeness (QED) is 0.506. The van der Waals surface area contributed by atoms with Crippen LogP contribution in [0.15, 0.2) is 48.0 Å². The molecular weight excluding hydrogens is 348 g/mol. The van der Waals surface area contributed by atoms with Crippen molar-refractivity contribution in [1.29, 1.82) is 0 Å². The predicted molar refractivity (Wildman–Crippen MR) is 123 cm³/mol. The zero-order valence-corrected chi connectivity index (χ0v) is 18.1. The van der Waals surface area contributed by atoms with Gasteiger partial charge in [-0.05, 0) is 108 Å². The third-order valence-electron chi connectivity index (χ3n) is 9.01. The van der Waals surface area contributed by atoms with Gasteiger partial charge in [0.05, 0.1) is 0 Å². The summed E-state index contributed by atoms with van der Waals surface area (Å²) in [7, 11) is 0. The average Bonchev–Trinajstić information content (AvgIpc) is 3.17. The lowest BCUT2D eigenvalue weighted by Crippen LogP contribution is -2.48. The van der Waals surface area contributed by atoms with Crippen LogP contribution in [0.5, 0.6) is 0 Å². The van der Waals surface area contributed by atoms with Crippen LogP contribution in [0.1, 0.15) is 75.5 Å². The molecule has 2 aromatic rings. The molecule has 0 aromatic heterocycles. The van der Waals surface area contributed by atoms with E-state index in [9.17, 15) is 0 Å². The van der Waals surface area contributed by atoms with E-state index in [1.165, 1.54) is 67.2 Å². The minimum absolute atomic E-state index is 0.509. The van der Waals surface area contributed by atoms with Crippen molar-refractivity contribution in [3.8, 4) is 11.1 Å². The van der Waals surface area contributed by atoms with Crippen LogP contribution in [0.3, 0.4) is 0 Å². The van der Waals surface area contributed by atoms with Gasteiger partial charge in [-0.2, -0.15) is 0 Å². The molecule has 5 aliphatic carbocycles. The van der Waals surface area contributed by atoms with Crippen LogP contribution in [-0.4, -0.2) is 0 Å². The summed E-state index contributed by atoms with van der Waals surface area (Å²) in [4.78, 5) is 0. The van der Waals surface area contributed by atoms with Crippen LogP contribution in [-0.2, 0) is 11.8 Å². The average molecular weight is 383 g/mol. The largest absolute Gasteiger partial charge is 0.0648 e. The molecule has 0 amide bonds. The molecule has 0 heteroatoms. The number of rotatable bonds is 4. The summed E-state index contributed by atoms with van der Waals surface area (Å²) in [5.74, 6) is 3.74. The van der Waals surface area contributed by atoms with Gasteiger partial charge < -0.3 is 0 Å². The summed E-state index contributed by atoms with van der Waals surface area (Å²) in [6, 6.07) is 16.8. The number of hydrogen-bond acceptors (Lipinski definition) is 0. The van der Waals surface area contributed by atoms with Crippen molar-refractivity contribution in [2.24, 2.45) is 23.7 Å². The van der Waals surface area contributed by atoms with E-state index in [0.717, 1.165) is 24.2 Å². The van der Waals surface area contributed by atoms with Crippen LogP contribution in [0.2, 0.25) is 0 Å². The molecule has 5 aliphatic rings. The fourth-order valence-corrected chi connectivity index (χ4v) is 7.69. The Hall–Kier alpha value is -1.82. The topological polar surface area (TPSA) is 0 Å². The molecule has 29 heavy (non-hydrogen) atoms. The molecule has 7 rings (SSSR count). The minimum atomic E-state index is 0.509. The second-order valence-electron chi connectivity index (χ2n) is 10.9. The van der Waals surface area contributed by atoms with Crippen molar-refractivity contribution < 1.29 is 0 Å². The van der Waals surface area contributed by atoms with Crippen LogP contribution in [0.25, 0.3) is 17.2 Å². The summed E-state index contributed by atoms with van der Waals surface area (Å²) < 4.78 is 0. The molecule has 4 saturated carbocycles. The number of allylic oxidation sites excluding steroid dienone is 1. The van der Waals surface area contributed by atoms with Gasteiger partial charge in [0, 0.05) is 0 Å². The Balaban J connectivity index is 1.33. The first-order valence-corrected chi connectivity index (χ1v) is 12.1. The number of fused-ring (bicyclic) bond motifs is 1. The molecule has 1 atom stereocenters. The summed E-state index contributed by atoms with van der Waals surface area (Å²) in [5.41, 5.74) is 9.59. The minimum Gasteiger partial charge on any atom is -0.0648 e. The third kappa shape index (κ3) is 2.86. The van der Waals surface area contributed by atoms with Crippen molar-refractivity contribution >= 4 is 6.08 Å². The lowest BCUT2D eigenvalue weighted by Gasteiger charge is -2.57. The molecule has 0 saturated heterocycles. The molecule has 4 fully saturated rings. The molecule has 150 valence electrons. The Labute approximate surface area is 176 Å². The maximum Gasteiger partial charge on any atom is -0.00391 e. The van der Waals surface area contributed by atoms with E-state index in [1.54, 1.807) is 11.1 Å². The molecule has 4 bridgehead atoms. The van der Waals surface area contributed by atoms with Gasteiger partial charge in [-0.15, -0.1) is 0 Å². The number of benzene rings is 2. The standard InChI is InChI=1S/C29H34/c1-3-19(2)25-14-24-5-4-6-27(28(24)15-25)23-7-9-26(10-8-23)29-16-20-11-21(17-29)13-22(12-20)18-29/h4-10,15,19-22H,3,11-14,16-18H2,1-2H3. The molecule has 0 N–H and O–H groups in total. The highest BCUT2D eigenvalue weighted by atomic mass is 14.6. The fraction of sp³-hybridized carbons (Fsp3) is 0.517. The first kappa shape index (κ1) is 18.0. The highest BCUT2D eigenvalue weighted by Gasteiger charge is 2.51. The molecule has 0 spiro atoms. The van der Waals surface area contributed by atoms with Gasteiger partial charge in [0.2, 0.25) is 0 Å². The summed E-state index contributed by atoms with van der Waals surface area (Å²) in [6.45, 7) is 4.68. The summed E-state index contributed by atoms with van der Waals surface area (Å²) in [5, 5.41) is 0. The highest BCUT2D eigenvalue weighted by molar-refractivity contribution is 5.81. The molecule has 0 nitrogen and oxygen atoms in total. The van der Waals surface area contributed by atoms with E-state index in [2.05, 4.69) is 62.4 Å². The van der Waals surface area contributed by atoms with Gasteiger partial charge in [0.25, 0.3) is 0 Å². The van der Waals surface area contributed by atoms with Gasteiger partial charge in [0.15, 0.2) is 0 Å². The normalized spacial score (nSPS) is 32.9. The Morgan fingerprint density at radius 2 is 1.55 bits per heavy atom. The molecule has 2 aromatic carbocycles. The summed E-state index contributed by atoms with van der Waals surface area (Å²) >= 11 is 0. The summed E-state index contributed by atoms with van der Waals surface area (Å²) in [6.07, 6.45) is 13.8. The Bertz CT molecular complexity index is 923. The zero-order valence-electron chi connectivity index (χ0n) is 18.1. The Morgan fingerprint density at radius 3 is 2.17 bits per heavy atom. The third-order valence-corrected chi connectivity index (χ3v) is 9.01. The van der Waals surface area contributed by atoms with Gasteiger partial charge >= 0.3 is 0 Å². The maximum atomic E-state index is 2.50. The Morgan fingerprint density at radius 1 is 0.897 bits per heavy atom. The van der Waals surface area contributed by atoms with Crippen LogP contribution in [0.4, 0.5) is 0 Å². The van der Waals surface area contributed by atoms with Crippen molar-refractivity contribution in [1.82, 2.24) is 0 Å². The molecule has 0 aliphatic heterocycles. The molecular formula is C29H34. The smallest absolute Gasteiger partial charge is 0.00391 e. The van der Waals surface area contributed by atoms with Gasteiger partial charge in [0.1, 0.15) is 0 Å². The predicted octanol–water partition coefficient (Wildman–Crippen LogP) is 7.81. The van der Waals surface area contributed by atoms with E-state index < -0.39 is 0 Å². The first-order chi connectivity index (χ1) is 14.1. The Kier molecular flexibility index (Phi) is 4.09. The maximum absolute atomic E-state index is 2.50. The van der Waals surface area contributed by atoms with Crippen LogP contribution >= 0.6 is 0 Å². The highest BCUT2D eigenvalue weighted by Crippen LogP contribution is 2.60. The second-order valence-corrected chi connectivity index (χ2v) is 10.9. The lowest BCUT2D eigenvalue weighted by atomic mass is 9.48. The fourth-order valence-electron chi connectivity index (χ4n) is 7.69.